The van der Waals surface area contributed by atoms with Gasteiger partial charge < -0.3 is 4.57 Å². The Morgan fingerprint density at radius 2 is 2.10 bits per heavy atom. The van der Waals surface area contributed by atoms with E-state index in [4.69, 9.17) is 11.6 Å². The van der Waals surface area contributed by atoms with E-state index in [-0.39, 0.29) is 0 Å². The Kier molecular flexibility index (Phi) is 5.85. The zero-order valence-corrected chi connectivity index (χ0v) is 15.0. The van der Waals surface area contributed by atoms with Gasteiger partial charge in [0.2, 0.25) is 0 Å². The summed E-state index contributed by atoms with van der Waals surface area (Å²) in [4.78, 5) is 6.84. The molecule has 0 aliphatic carbocycles. The van der Waals surface area contributed by atoms with Crippen LogP contribution >= 0.6 is 27.5 Å². The summed E-state index contributed by atoms with van der Waals surface area (Å²) in [6, 6.07) is 8.70. The van der Waals surface area contributed by atoms with E-state index in [1.54, 1.807) is 6.20 Å². The van der Waals surface area contributed by atoms with Crippen LogP contribution in [-0.2, 0) is 13.6 Å². The maximum atomic E-state index is 6.09. The van der Waals surface area contributed by atoms with Gasteiger partial charge in [-0.25, -0.2) is 4.98 Å². The molecular formula is C16H21BrClN3. The number of rotatable bonds is 6. The minimum atomic E-state index is 0.316. The van der Waals surface area contributed by atoms with E-state index in [1.165, 1.54) is 5.56 Å². The first kappa shape index (κ1) is 16.5. The topological polar surface area (TPSA) is 21.1 Å². The van der Waals surface area contributed by atoms with Gasteiger partial charge in [0.25, 0.3) is 0 Å². The monoisotopic (exact) mass is 369 g/mol. The van der Waals surface area contributed by atoms with Crippen molar-refractivity contribution in [2.75, 3.05) is 6.54 Å². The molecule has 0 N–H and O–H groups in total. The molecule has 1 heterocycles. The lowest BCUT2D eigenvalue weighted by Crippen LogP contribution is -2.29. The van der Waals surface area contributed by atoms with Crippen LogP contribution in [0.2, 0.25) is 5.15 Å². The number of benzene rings is 1. The van der Waals surface area contributed by atoms with Gasteiger partial charge in [0, 0.05) is 17.6 Å². The van der Waals surface area contributed by atoms with E-state index in [0.29, 0.717) is 11.2 Å². The summed E-state index contributed by atoms with van der Waals surface area (Å²) in [5.41, 5.74) is 1.30. The van der Waals surface area contributed by atoms with Crippen LogP contribution in [0, 0.1) is 0 Å². The lowest BCUT2D eigenvalue weighted by Gasteiger charge is -2.29. The smallest absolute Gasteiger partial charge is 0.128 e. The van der Waals surface area contributed by atoms with Gasteiger partial charge in [0.15, 0.2) is 0 Å². The molecule has 5 heteroatoms. The molecule has 3 nitrogen and oxygen atoms in total. The maximum absolute atomic E-state index is 6.09. The summed E-state index contributed by atoms with van der Waals surface area (Å²) >= 11 is 9.74. The van der Waals surface area contributed by atoms with Gasteiger partial charge >= 0.3 is 0 Å². The normalized spacial score (nSPS) is 12.9. The van der Waals surface area contributed by atoms with E-state index >= 15 is 0 Å². The number of hydrogen-bond acceptors (Lipinski definition) is 2. The highest BCUT2D eigenvalue weighted by Gasteiger charge is 2.19. The van der Waals surface area contributed by atoms with Gasteiger partial charge in [-0.05, 0) is 31.5 Å². The second kappa shape index (κ2) is 7.43. The van der Waals surface area contributed by atoms with Gasteiger partial charge in [-0.1, -0.05) is 52.7 Å². The van der Waals surface area contributed by atoms with Crippen molar-refractivity contribution in [1.29, 1.82) is 0 Å². The van der Waals surface area contributed by atoms with E-state index in [0.717, 1.165) is 29.8 Å². The molecule has 0 amide bonds. The second-order valence-corrected chi connectivity index (χ2v) is 6.47. The van der Waals surface area contributed by atoms with Crippen LogP contribution in [0.3, 0.4) is 0 Å². The third-order valence-corrected chi connectivity index (χ3v) is 4.86. The Bertz CT molecular complexity index is 597. The first-order valence-electron chi connectivity index (χ1n) is 7.19. The Morgan fingerprint density at radius 1 is 1.38 bits per heavy atom. The molecule has 0 bridgehead atoms. The molecule has 0 radical (unpaired) electrons. The predicted molar refractivity (Wildman–Crippen MR) is 91.5 cm³/mol. The molecule has 0 saturated heterocycles. The molecule has 1 atom stereocenters. The fourth-order valence-electron chi connectivity index (χ4n) is 2.46. The molecule has 0 saturated carbocycles. The molecule has 1 unspecified atom stereocenters. The number of aromatic nitrogens is 2. The van der Waals surface area contributed by atoms with Crippen molar-refractivity contribution < 1.29 is 0 Å². The van der Waals surface area contributed by atoms with E-state index in [9.17, 15) is 0 Å². The third-order valence-electron chi connectivity index (χ3n) is 3.79. The van der Waals surface area contributed by atoms with Gasteiger partial charge in [-0.15, -0.1) is 0 Å². The largest absolute Gasteiger partial charge is 0.321 e. The van der Waals surface area contributed by atoms with Gasteiger partial charge in [-0.3, -0.25) is 4.90 Å². The van der Waals surface area contributed by atoms with Crippen LogP contribution < -0.4 is 0 Å². The molecule has 1 aromatic heterocycles. The first-order chi connectivity index (χ1) is 10.0. The fraction of sp³-hybridized carbons (Fsp3) is 0.438. The van der Waals surface area contributed by atoms with Crippen molar-refractivity contribution in [3.05, 3.63) is 51.5 Å². The molecule has 2 aromatic rings. The summed E-state index contributed by atoms with van der Waals surface area (Å²) in [5, 5.41) is 0.676. The Morgan fingerprint density at radius 3 is 2.67 bits per heavy atom. The lowest BCUT2D eigenvalue weighted by atomic mass is 10.1. The van der Waals surface area contributed by atoms with Gasteiger partial charge in [-0.2, -0.15) is 0 Å². The van der Waals surface area contributed by atoms with Crippen molar-refractivity contribution >= 4 is 27.5 Å². The van der Waals surface area contributed by atoms with Crippen molar-refractivity contribution in [2.24, 2.45) is 7.05 Å². The van der Waals surface area contributed by atoms with Crippen molar-refractivity contribution in [3.63, 3.8) is 0 Å². The molecular weight excluding hydrogens is 350 g/mol. The highest BCUT2D eigenvalue weighted by atomic mass is 79.9. The number of imidazole rings is 1. The molecule has 0 aliphatic heterocycles. The molecule has 0 aliphatic rings. The molecule has 2 rings (SSSR count). The zero-order chi connectivity index (χ0) is 15.4. The Balaban J connectivity index is 2.22. The van der Waals surface area contributed by atoms with Crippen molar-refractivity contribution in [3.8, 4) is 0 Å². The highest BCUT2D eigenvalue weighted by molar-refractivity contribution is 9.10. The summed E-state index contributed by atoms with van der Waals surface area (Å²) in [6.07, 6.45) is 2.82. The second-order valence-electron chi connectivity index (χ2n) is 5.22. The Labute approximate surface area is 140 Å². The van der Waals surface area contributed by atoms with Crippen LogP contribution in [0.4, 0.5) is 0 Å². The number of halogens is 2. The van der Waals surface area contributed by atoms with Crippen LogP contribution in [0.1, 0.15) is 37.7 Å². The van der Waals surface area contributed by atoms with Gasteiger partial charge in [0.1, 0.15) is 11.0 Å². The number of hydrogen-bond donors (Lipinski definition) is 0. The van der Waals surface area contributed by atoms with E-state index in [2.05, 4.69) is 57.9 Å². The standard InChI is InChI=1S/C16H21BrClN3/c1-4-9-21(11-16-19-10-15(18)20(16)3)12(2)13-7-5-6-8-14(13)17/h5-8,10,12H,4,9,11H2,1-3H3. The predicted octanol–water partition coefficient (Wildman–Crippen LogP) is 4.81. The van der Waals surface area contributed by atoms with Crippen molar-refractivity contribution in [1.82, 2.24) is 14.5 Å². The molecule has 0 fully saturated rings. The molecule has 0 spiro atoms. The summed E-state index contributed by atoms with van der Waals surface area (Å²) < 4.78 is 3.09. The quantitative estimate of drug-likeness (QED) is 0.727. The Hall–Kier alpha value is -0.840. The maximum Gasteiger partial charge on any atom is 0.128 e. The molecule has 114 valence electrons. The average molecular weight is 371 g/mol. The average Bonchev–Trinajstić information content (AvgIpc) is 2.78. The summed E-state index contributed by atoms with van der Waals surface area (Å²) in [6.45, 7) is 6.25. The minimum absolute atomic E-state index is 0.316. The van der Waals surface area contributed by atoms with Crippen LogP contribution in [0.25, 0.3) is 0 Å². The summed E-state index contributed by atoms with van der Waals surface area (Å²) in [5.74, 6) is 0.993. The van der Waals surface area contributed by atoms with Crippen LogP contribution in [0.5, 0.6) is 0 Å². The first-order valence-corrected chi connectivity index (χ1v) is 8.36. The summed E-state index contributed by atoms with van der Waals surface area (Å²) in [7, 11) is 1.96. The molecule has 21 heavy (non-hydrogen) atoms. The zero-order valence-electron chi connectivity index (χ0n) is 12.7. The SMILES string of the molecule is CCCN(Cc1ncc(Cl)n1C)C(C)c1ccccc1Br. The van der Waals surface area contributed by atoms with Gasteiger partial charge in [0.05, 0.1) is 12.7 Å². The minimum Gasteiger partial charge on any atom is -0.321 e. The lowest BCUT2D eigenvalue weighted by molar-refractivity contribution is 0.194. The third kappa shape index (κ3) is 3.87. The van der Waals surface area contributed by atoms with Crippen LogP contribution in [-0.4, -0.2) is 21.0 Å². The van der Waals surface area contributed by atoms with E-state index < -0.39 is 0 Å². The van der Waals surface area contributed by atoms with E-state index in [1.807, 2.05) is 17.7 Å². The van der Waals surface area contributed by atoms with Crippen LogP contribution in [0.15, 0.2) is 34.9 Å². The fourth-order valence-corrected chi connectivity index (χ4v) is 3.22. The molecule has 1 aromatic carbocycles. The number of nitrogens with zero attached hydrogens (tertiary/aromatic N) is 3. The van der Waals surface area contributed by atoms with Crippen molar-refractivity contribution in [2.45, 2.75) is 32.9 Å². The highest BCUT2D eigenvalue weighted by Crippen LogP contribution is 2.28.